The Kier molecular flexibility index (Phi) is 3.79. The number of benzene rings is 2. The SMILES string of the molecule is CC1=CC(C)C(C(c2ccccc2)c2ccccc2)=C1C. The molecule has 106 valence electrons. The molecule has 3 rings (SSSR count). The topological polar surface area (TPSA) is 0 Å². The van der Waals surface area contributed by atoms with Gasteiger partial charge in [0.1, 0.15) is 0 Å². The van der Waals surface area contributed by atoms with Crippen molar-refractivity contribution in [1.29, 1.82) is 0 Å². The van der Waals surface area contributed by atoms with E-state index in [4.69, 9.17) is 0 Å². The van der Waals surface area contributed by atoms with E-state index in [2.05, 4.69) is 87.5 Å². The molecule has 0 aliphatic heterocycles. The van der Waals surface area contributed by atoms with Gasteiger partial charge in [0, 0.05) is 5.92 Å². The maximum Gasteiger partial charge on any atom is 0.0310 e. The lowest BCUT2D eigenvalue weighted by Crippen LogP contribution is -2.09. The van der Waals surface area contributed by atoms with Crippen LogP contribution in [0.15, 0.2) is 83.5 Å². The zero-order valence-electron chi connectivity index (χ0n) is 13.0. The molecule has 2 aromatic carbocycles. The van der Waals surface area contributed by atoms with Gasteiger partial charge in [-0.3, -0.25) is 0 Å². The van der Waals surface area contributed by atoms with Gasteiger partial charge >= 0.3 is 0 Å². The molecular formula is C21H22. The Morgan fingerprint density at radius 2 is 1.24 bits per heavy atom. The van der Waals surface area contributed by atoms with E-state index in [1.165, 1.54) is 22.3 Å². The van der Waals surface area contributed by atoms with Gasteiger partial charge in [-0.05, 0) is 42.0 Å². The summed E-state index contributed by atoms with van der Waals surface area (Å²) in [6, 6.07) is 21.7. The van der Waals surface area contributed by atoms with Crippen molar-refractivity contribution in [3.05, 3.63) is 94.6 Å². The van der Waals surface area contributed by atoms with Gasteiger partial charge in [-0.2, -0.15) is 0 Å². The molecule has 1 unspecified atom stereocenters. The summed E-state index contributed by atoms with van der Waals surface area (Å²) < 4.78 is 0. The molecule has 1 atom stereocenters. The molecule has 0 spiro atoms. The lowest BCUT2D eigenvalue weighted by atomic mass is 9.79. The van der Waals surface area contributed by atoms with Crippen LogP contribution in [0.4, 0.5) is 0 Å². The van der Waals surface area contributed by atoms with Crippen LogP contribution < -0.4 is 0 Å². The fraction of sp³-hybridized carbons (Fsp3) is 0.238. The first-order chi connectivity index (χ1) is 10.2. The first-order valence-electron chi connectivity index (χ1n) is 7.68. The van der Waals surface area contributed by atoms with Crippen LogP contribution in [0.3, 0.4) is 0 Å². The van der Waals surface area contributed by atoms with Gasteiger partial charge in [0.05, 0.1) is 0 Å². The highest BCUT2D eigenvalue weighted by molar-refractivity contribution is 5.51. The highest BCUT2D eigenvalue weighted by atomic mass is 14.3. The number of hydrogen-bond donors (Lipinski definition) is 0. The van der Waals surface area contributed by atoms with Gasteiger partial charge in [-0.1, -0.05) is 79.2 Å². The second-order valence-corrected chi connectivity index (χ2v) is 5.97. The van der Waals surface area contributed by atoms with Crippen molar-refractivity contribution in [3.63, 3.8) is 0 Å². The summed E-state index contributed by atoms with van der Waals surface area (Å²) >= 11 is 0. The minimum Gasteiger partial charge on any atom is -0.0744 e. The molecule has 0 nitrogen and oxygen atoms in total. The van der Waals surface area contributed by atoms with Crippen molar-refractivity contribution in [3.8, 4) is 0 Å². The van der Waals surface area contributed by atoms with Crippen LogP contribution in [0.1, 0.15) is 37.8 Å². The summed E-state index contributed by atoms with van der Waals surface area (Å²) in [5.41, 5.74) is 7.19. The molecule has 0 saturated heterocycles. The highest BCUT2D eigenvalue weighted by Crippen LogP contribution is 2.43. The van der Waals surface area contributed by atoms with E-state index in [1.54, 1.807) is 5.57 Å². The molecule has 1 aliphatic carbocycles. The summed E-state index contributed by atoms with van der Waals surface area (Å²) in [4.78, 5) is 0. The van der Waals surface area contributed by atoms with Crippen molar-refractivity contribution in [2.45, 2.75) is 26.7 Å². The third-order valence-corrected chi connectivity index (χ3v) is 4.59. The molecule has 0 radical (unpaired) electrons. The minimum absolute atomic E-state index is 0.357. The minimum atomic E-state index is 0.357. The molecule has 0 aromatic heterocycles. The smallest absolute Gasteiger partial charge is 0.0310 e. The van der Waals surface area contributed by atoms with Crippen molar-refractivity contribution >= 4 is 0 Å². The normalized spacial score (nSPS) is 18.3. The largest absolute Gasteiger partial charge is 0.0744 e. The zero-order chi connectivity index (χ0) is 14.8. The van der Waals surface area contributed by atoms with Crippen LogP contribution in [0, 0.1) is 5.92 Å². The average molecular weight is 274 g/mol. The standard InChI is InChI=1S/C21H22/c1-15-14-16(2)20(17(15)3)21(18-10-6-4-7-11-18)19-12-8-5-9-13-19/h4-14,16,21H,1-3H3. The predicted octanol–water partition coefficient (Wildman–Crippen LogP) is 5.73. The van der Waals surface area contributed by atoms with Gasteiger partial charge in [0.25, 0.3) is 0 Å². The van der Waals surface area contributed by atoms with Gasteiger partial charge in [0.2, 0.25) is 0 Å². The van der Waals surface area contributed by atoms with Crippen molar-refractivity contribution < 1.29 is 0 Å². The maximum absolute atomic E-state index is 2.39. The van der Waals surface area contributed by atoms with Crippen molar-refractivity contribution in [1.82, 2.24) is 0 Å². The third kappa shape index (κ3) is 2.58. The van der Waals surface area contributed by atoms with Crippen molar-refractivity contribution in [2.24, 2.45) is 5.92 Å². The third-order valence-electron chi connectivity index (χ3n) is 4.59. The number of allylic oxidation sites excluding steroid dienone is 4. The van der Waals surface area contributed by atoms with Crippen LogP contribution in [0.5, 0.6) is 0 Å². The molecule has 0 N–H and O–H groups in total. The molecule has 0 fully saturated rings. The van der Waals surface area contributed by atoms with E-state index in [9.17, 15) is 0 Å². The van der Waals surface area contributed by atoms with Gasteiger partial charge in [-0.15, -0.1) is 0 Å². The van der Waals surface area contributed by atoms with E-state index in [1.807, 2.05) is 0 Å². The Morgan fingerprint density at radius 1 is 0.762 bits per heavy atom. The van der Waals surface area contributed by atoms with Crippen LogP contribution in [0.25, 0.3) is 0 Å². The zero-order valence-corrected chi connectivity index (χ0v) is 13.0. The van der Waals surface area contributed by atoms with E-state index >= 15 is 0 Å². The highest BCUT2D eigenvalue weighted by Gasteiger charge is 2.27. The Labute approximate surface area is 127 Å². The quantitative estimate of drug-likeness (QED) is 0.670. The van der Waals surface area contributed by atoms with E-state index in [0.717, 1.165) is 0 Å². The number of hydrogen-bond acceptors (Lipinski definition) is 0. The summed E-state index contributed by atoms with van der Waals surface area (Å²) in [5, 5.41) is 0. The summed E-state index contributed by atoms with van der Waals surface area (Å²) in [6.07, 6.45) is 2.39. The molecule has 0 heterocycles. The molecule has 0 amide bonds. The Hall–Kier alpha value is -2.08. The second kappa shape index (κ2) is 5.73. The summed E-state index contributed by atoms with van der Waals surface area (Å²) in [6.45, 7) is 6.81. The molecular weight excluding hydrogens is 252 g/mol. The van der Waals surface area contributed by atoms with Crippen molar-refractivity contribution in [2.75, 3.05) is 0 Å². The monoisotopic (exact) mass is 274 g/mol. The van der Waals surface area contributed by atoms with Crippen LogP contribution in [-0.4, -0.2) is 0 Å². The maximum atomic E-state index is 2.39. The van der Waals surface area contributed by atoms with Crippen LogP contribution in [-0.2, 0) is 0 Å². The number of rotatable bonds is 3. The van der Waals surface area contributed by atoms with E-state index in [-0.39, 0.29) is 0 Å². The van der Waals surface area contributed by atoms with Gasteiger partial charge in [-0.25, -0.2) is 0 Å². The Morgan fingerprint density at radius 3 is 1.62 bits per heavy atom. The Balaban J connectivity index is 2.15. The molecule has 21 heavy (non-hydrogen) atoms. The average Bonchev–Trinajstić information content (AvgIpc) is 2.76. The van der Waals surface area contributed by atoms with E-state index < -0.39 is 0 Å². The molecule has 2 aromatic rings. The first kappa shape index (κ1) is 13.9. The Bertz CT molecular complexity index is 635. The first-order valence-corrected chi connectivity index (χ1v) is 7.68. The van der Waals surface area contributed by atoms with Crippen LogP contribution >= 0.6 is 0 Å². The fourth-order valence-corrected chi connectivity index (χ4v) is 3.48. The lowest BCUT2D eigenvalue weighted by molar-refractivity contribution is 0.770. The summed E-state index contributed by atoms with van der Waals surface area (Å²) in [5.74, 6) is 0.867. The van der Waals surface area contributed by atoms with Crippen LogP contribution in [0.2, 0.25) is 0 Å². The van der Waals surface area contributed by atoms with E-state index in [0.29, 0.717) is 11.8 Å². The summed E-state index contributed by atoms with van der Waals surface area (Å²) in [7, 11) is 0. The predicted molar refractivity (Wildman–Crippen MR) is 90.3 cm³/mol. The van der Waals surface area contributed by atoms with Gasteiger partial charge < -0.3 is 0 Å². The molecule has 0 heteroatoms. The molecule has 1 aliphatic rings. The second-order valence-electron chi connectivity index (χ2n) is 5.97. The fourth-order valence-electron chi connectivity index (χ4n) is 3.48. The molecule has 0 saturated carbocycles. The van der Waals surface area contributed by atoms with Gasteiger partial charge in [0.15, 0.2) is 0 Å². The lowest BCUT2D eigenvalue weighted by Gasteiger charge is -2.24. The molecule has 0 bridgehead atoms.